The number of methoxy groups -OCH3 is 2. The number of ketones is 1. The average molecular weight is 358 g/mol. The van der Waals surface area contributed by atoms with Crippen molar-refractivity contribution in [2.24, 2.45) is 0 Å². The van der Waals surface area contributed by atoms with E-state index >= 15 is 0 Å². The summed E-state index contributed by atoms with van der Waals surface area (Å²) < 4.78 is 10.3. The van der Waals surface area contributed by atoms with Gasteiger partial charge in [-0.3, -0.25) is 14.9 Å². The summed E-state index contributed by atoms with van der Waals surface area (Å²) in [6.07, 6.45) is 0. The normalized spacial score (nSPS) is 9.88. The standard InChI is InChI=1S/C18H18N2O4S/c1-11(21)12-4-7-14(8-5-12)19-18(25)20-17(22)13-6-9-15(23-2)16(10-13)24-3/h4-10H,1-3H3,(H2,19,20,22,25). The zero-order valence-corrected chi connectivity index (χ0v) is 14.9. The molecular formula is C18H18N2O4S. The number of hydrogen-bond donors (Lipinski definition) is 2. The number of anilines is 1. The quantitative estimate of drug-likeness (QED) is 0.632. The van der Waals surface area contributed by atoms with Crippen molar-refractivity contribution in [2.75, 3.05) is 19.5 Å². The van der Waals surface area contributed by atoms with E-state index in [2.05, 4.69) is 10.6 Å². The molecule has 0 aliphatic heterocycles. The van der Waals surface area contributed by atoms with Crippen molar-refractivity contribution in [1.82, 2.24) is 5.32 Å². The minimum absolute atomic E-state index is 0.0177. The first-order valence-electron chi connectivity index (χ1n) is 7.40. The van der Waals surface area contributed by atoms with Gasteiger partial charge in [0.25, 0.3) is 5.91 Å². The maximum atomic E-state index is 12.3. The molecule has 2 rings (SSSR count). The lowest BCUT2D eigenvalue weighted by atomic mass is 10.1. The Morgan fingerprint density at radius 3 is 2.08 bits per heavy atom. The molecule has 0 unspecified atom stereocenters. The highest BCUT2D eigenvalue weighted by atomic mass is 32.1. The van der Waals surface area contributed by atoms with E-state index in [4.69, 9.17) is 21.7 Å². The molecule has 0 spiro atoms. The summed E-state index contributed by atoms with van der Waals surface area (Å²) in [5.41, 5.74) is 1.65. The molecule has 0 atom stereocenters. The Labute approximate surface area is 151 Å². The largest absolute Gasteiger partial charge is 0.493 e. The topological polar surface area (TPSA) is 76.7 Å². The summed E-state index contributed by atoms with van der Waals surface area (Å²) >= 11 is 5.14. The number of nitrogens with one attached hydrogen (secondary N) is 2. The number of rotatable bonds is 5. The van der Waals surface area contributed by atoms with Gasteiger partial charge in [0.15, 0.2) is 22.4 Å². The van der Waals surface area contributed by atoms with E-state index < -0.39 is 0 Å². The minimum atomic E-state index is -0.376. The van der Waals surface area contributed by atoms with Crippen molar-refractivity contribution >= 4 is 34.7 Å². The number of benzene rings is 2. The van der Waals surface area contributed by atoms with Gasteiger partial charge in [-0.15, -0.1) is 0 Å². The first-order chi connectivity index (χ1) is 11.9. The fourth-order valence-electron chi connectivity index (χ4n) is 2.10. The summed E-state index contributed by atoms with van der Waals surface area (Å²) in [5, 5.41) is 5.63. The molecule has 6 nitrogen and oxygen atoms in total. The smallest absolute Gasteiger partial charge is 0.257 e. The molecule has 0 radical (unpaired) electrons. The second-order valence-electron chi connectivity index (χ2n) is 5.11. The van der Waals surface area contributed by atoms with Crippen LogP contribution in [0, 0.1) is 0 Å². The van der Waals surface area contributed by atoms with Crippen molar-refractivity contribution in [3.63, 3.8) is 0 Å². The Hall–Kier alpha value is -2.93. The van der Waals surface area contributed by atoms with E-state index in [-0.39, 0.29) is 16.8 Å². The molecule has 0 aliphatic rings. The van der Waals surface area contributed by atoms with Gasteiger partial charge < -0.3 is 14.8 Å². The highest BCUT2D eigenvalue weighted by Gasteiger charge is 2.12. The van der Waals surface area contributed by atoms with E-state index in [1.807, 2.05) is 0 Å². The molecule has 7 heteroatoms. The molecule has 0 heterocycles. The molecule has 0 aliphatic carbocycles. The van der Waals surface area contributed by atoms with Crippen LogP contribution < -0.4 is 20.1 Å². The van der Waals surface area contributed by atoms with Crippen LogP contribution in [0.2, 0.25) is 0 Å². The Kier molecular flexibility index (Phi) is 6.08. The molecular weight excluding hydrogens is 340 g/mol. The van der Waals surface area contributed by atoms with Gasteiger partial charge in [-0.25, -0.2) is 0 Å². The molecule has 0 aromatic heterocycles. The number of Topliss-reactive ketones (excluding diaryl/α,β-unsaturated/α-hetero) is 1. The van der Waals surface area contributed by atoms with Crippen LogP contribution in [0.15, 0.2) is 42.5 Å². The molecule has 0 fully saturated rings. The Balaban J connectivity index is 2.02. The fourth-order valence-corrected chi connectivity index (χ4v) is 2.31. The zero-order chi connectivity index (χ0) is 18.4. The van der Waals surface area contributed by atoms with Gasteiger partial charge in [0.05, 0.1) is 14.2 Å². The van der Waals surface area contributed by atoms with Crippen LogP contribution in [0.5, 0.6) is 11.5 Å². The highest BCUT2D eigenvalue weighted by Crippen LogP contribution is 2.27. The van der Waals surface area contributed by atoms with Crippen molar-refractivity contribution in [3.8, 4) is 11.5 Å². The molecule has 0 saturated heterocycles. The van der Waals surface area contributed by atoms with E-state index in [0.717, 1.165) is 0 Å². The van der Waals surface area contributed by atoms with Gasteiger partial charge in [-0.2, -0.15) is 0 Å². The fraction of sp³-hybridized carbons (Fsp3) is 0.167. The van der Waals surface area contributed by atoms with Crippen molar-refractivity contribution in [3.05, 3.63) is 53.6 Å². The second-order valence-corrected chi connectivity index (χ2v) is 5.52. The van der Waals surface area contributed by atoms with Crippen LogP contribution in [-0.4, -0.2) is 31.0 Å². The number of hydrogen-bond acceptors (Lipinski definition) is 5. The lowest BCUT2D eigenvalue weighted by Gasteiger charge is -2.12. The third-order valence-corrected chi connectivity index (χ3v) is 3.63. The number of amides is 1. The summed E-state index contributed by atoms with van der Waals surface area (Å²) in [6, 6.07) is 11.6. The highest BCUT2D eigenvalue weighted by molar-refractivity contribution is 7.80. The number of carbonyl (C=O) groups is 2. The third-order valence-electron chi connectivity index (χ3n) is 3.42. The van der Waals surface area contributed by atoms with Crippen LogP contribution in [0.4, 0.5) is 5.69 Å². The molecule has 25 heavy (non-hydrogen) atoms. The van der Waals surface area contributed by atoms with E-state index in [9.17, 15) is 9.59 Å². The first kappa shape index (κ1) is 18.4. The van der Waals surface area contributed by atoms with Gasteiger partial charge in [0.2, 0.25) is 0 Å². The SMILES string of the molecule is COc1ccc(C(=O)NC(=S)Nc2ccc(C(C)=O)cc2)cc1OC. The van der Waals surface area contributed by atoms with Crippen LogP contribution >= 0.6 is 12.2 Å². The molecule has 130 valence electrons. The predicted molar refractivity (Wildman–Crippen MR) is 99.7 cm³/mol. The average Bonchev–Trinajstić information content (AvgIpc) is 2.61. The maximum Gasteiger partial charge on any atom is 0.257 e. The van der Waals surface area contributed by atoms with Crippen LogP contribution in [0.25, 0.3) is 0 Å². The Morgan fingerprint density at radius 2 is 1.52 bits per heavy atom. The maximum absolute atomic E-state index is 12.3. The van der Waals surface area contributed by atoms with Gasteiger partial charge >= 0.3 is 0 Å². The van der Waals surface area contributed by atoms with Gasteiger partial charge in [-0.1, -0.05) is 0 Å². The number of thiocarbonyl (C=S) groups is 1. The molecule has 0 saturated carbocycles. The summed E-state index contributed by atoms with van der Waals surface area (Å²) in [4.78, 5) is 23.5. The molecule has 1 amide bonds. The lowest BCUT2D eigenvalue weighted by Crippen LogP contribution is -2.34. The van der Waals surface area contributed by atoms with E-state index in [1.54, 1.807) is 42.5 Å². The molecule has 2 aromatic carbocycles. The minimum Gasteiger partial charge on any atom is -0.493 e. The molecule has 2 aromatic rings. The van der Waals surface area contributed by atoms with E-state index in [0.29, 0.717) is 28.3 Å². The number of carbonyl (C=O) groups excluding carboxylic acids is 2. The summed E-state index contributed by atoms with van der Waals surface area (Å²) in [6.45, 7) is 1.50. The Bertz CT molecular complexity index is 803. The van der Waals surface area contributed by atoms with Gasteiger partial charge in [-0.05, 0) is 61.6 Å². The Morgan fingerprint density at radius 1 is 0.920 bits per heavy atom. The van der Waals surface area contributed by atoms with Crippen molar-refractivity contribution in [1.29, 1.82) is 0 Å². The van der Waals surface area contributed by atoms with E-state index in [1.165, 1.54) is 21.1 Å². The third kappa shape index (κ3) is 4.77. The molecule has 0 bridgehead atoms. The van der Waals surface area contributed by atoms with Crippen LogP contribution in [-0.2, 0) is 0 Å². The monoisotopic (exact) mass is 358 g/mol. The van der Waals surface area contributed by atoms with Gasteiger partial charge in [0.1, 0.15) is 0 Å². The first-order valence-corrected chi connectivity index (χ1v) is 7.80. The van der Waals surface area contributed by atoms with Gasteiger partial charge in [0, 0.05) is 16.8 Å². The number of ether oxygens (including phenoxy) is 2. The summed E-state index contributed by atoms with van der Waals surface area (Å²) in [5.74, 6) is 0.592. The zero-order valence-electron chi connectivity index (χ0n) is 14.1. The predicted octanol–water partition coefficient (Wildman–Crippen LogP) is 3.03. The molecule has 2 N–H and O–H groups in total. The summed E-state index contributed by atoms with van der Waals surface area (Å²) in [7, 11) is 3.02. The van der Waals surface area contributed by atoms with Crippen molar-refractivity contribution in [2.45, 2.75) is 6.92 Å². The van der Waals surface area contributed by atoms with Crippen LogP contribution in [0.1, 0.15) is 27.6 Å². The van der Waals surface area contributed by atoms with Crippen molar-refractivity contribution < 1.29 is 19.1 Å². The van der Waals surface area contributed by atoms with Crippen LogP contribution in [0.3, 0.4) is 0 Å². The lowest BCUT2D eigenvalue weighted by molar-refractivity contribution is 0.0975. The second kappa shape index (κ2) is 8.25.